The highest BCUT2D eigenvalue weighted by molar-refractivity contribution is 5.91. The van der Waals surface area contributed by atoms with Gasteiger partial charge in [-0.25, -0.2) is 10.6 Å². The Kier molecular flexibility index (Phi) is 3.53. The Morgan fingerprint density at radius 2 is 2.25 bits per heavy atom. The summed E-state index contributed by atoms with van der Waals surface area (Å²) >= 11 is 0. The van der Waals surface area contributed by atoms with Gasteiger partial charge in [0.25, 0.3) is 5.56 Å². The van der Waals surface area contributed by atoms with Gasteiger partial charge in [0.05, 0.1) is 12.7 Å². The Morgan fingerprint density at radius 1 is 1.55 bits per heavy atom. The summed E-state index contributed by atoms with van der Waals surface area (Å²) in [7, 11) is 0. The first kappa shape index (κ1) is 13.7. The van der Waals surface area contributed by atoms with Gasteiger partial charge in [-0.15, -0.1) is 0 Å². The third kappa shape index (κ3) is 2.52. The quantitative estimate of drug-likeness (QED) is 0.387. The second-order valence-electron chi connectivity index (χ2n) is 4.03. The summed E-state index contributed by atoms with van der Waals surface area (Å²) in [5.41, 5.74) is 0.541. The molecule has 0 saturated carbocycles. The molecule has 1 amide bonds. The molecule has 0 atom stereocenters. The van der Waals surface area contributed by atoms with E-state index >= 15 is 0 Å². The van der Waals surface area contributed by atoms with Crippen molar-refractivity contribution in [1.29, 1.82) is 0 Å². The van der Waals surface area contributed by atoms with Crippen LogP contribution < -0.4 is 22.5 Å². The number of rotatable bonds is 3. The van der Waals surface area contributed by atoms with Gasteiger partial charge >= 0.3 is 11.6 Å². The normalized spacial score (nSPS) is 10.6. The van der Waals surface area contributed by atoms with Crippen LogP contribution in [0.4, 0.5) is 4.39 Å². The van der Waals surface area contributed by atoms with E-state index in [1.54, 1.807) is 6.92 Å². The summed E-state index contributed by atoms with van der Waals surface area (Å²) < 4.78 is 19.3. The van der Waals surface area contributed by atoms with Crippen molar-refractivity contribution in [1.82, 2.24) is 15.0 Å². The predicted octanol–water partition coefficient (Wildman–Crippen LogP) is -0.771. The van der Waals surface area contributed by atoms with Crippen LogP contribution in [0.1, 0.15) is 21.9 Å². The summed E-state index contributed by atoms with van der Waals surface area (Å²) in [6.07, 6.45) is 0.788. The van der Waals surface area contributed by atoms with Gasteiger partial charge in [0.2, 0.25) is 5.82 Å². The van der Waals surface area contributed by atoms with Crippen LogP contribution in [-0.4, -0.2) is 15.5 Å². The summed E-state index contributed by atoms with van der Waals surface area (Å²) in [6, 6.07) is 1.38. The molecule has 2 heterocycles. The van der Waals surface area contributed by atoms with Gasteiger partial charge in [0.1, 0.15) is 5.76 Å². The number of aromatic amines is 1. The van der Waals surface area contributed by atoms with E-state index < -0.39 is 23.0 Å². The molecule has 8 nitrogen and oxygen atoms in total. The average Bonchev–Trinajstić information content (AvgIpc) is 2.76. The second-order valence-corrected chi connectivity index (χ2v) is 4.03. The molecule has 0 fully saturated rings. The molecule has 4 N–H and O–H groups in total. The van der Waals surface area contributed by atoms with Crippen molar-refractivity contribution in [2.45, 2.75) is 13.5 Å². The lowest BCUT2D eigenvalue weighted by atomic mass is 10.2. The van der Waals surface area contributed by atoms with Crippen LogP contribution in [0.5, 0.6) is 0 Å². The number of nitrogens with two attached hydrogens (primary N) is 1. The summed E-state index contributed by atoms with van der Waals surface area (Å²) in [5.74, 6) is 3.62. The van der Waals surface area contributed by atoms with Crippen LogP contribution in [0.2, 0.25) is 0 Å². The molecular formula is C11H11FN4O4. The fourth-order valence-corrected chi connectivity index (χ4v) is 1.64. The Labute approximate surface area is 111 Å². The van der Waals surface area contributed by atoms with Crippen molar-refractivity contribution in [3.05, 3.63) is 56.0 Å². The third-order valence-electron chi connectivity index (χ3n) is 2.68. The summed E-state index contributed by atoms with van der Waals surface area (Å²) in [5, 5.41) is 0. The number of hydrazine groups is 1. The fraction of sp³-hybridized carbons (Fsp3) is 0.182. The molecule has 2 aromatic heterocycles. The molecule has 0 aliphatic carbocycles. The number of amides is 1. The number of nitrogens with one attached hydrogen (secondary N) is 2. The van der Waals surface area contributed by atoms with Crippen LogP contribution >= 0.6 is 0 Å². The molecule has 9 heteroatoms. The highest BCUT2D eigenvalue weighted by Gasteiger charge is 2.14. The number of aryl methyl sites for hydroxylation is 1. The number of furan rings is 1. The lowest BCUT2D eigenvalue weighted by Gasteiger charge is -2.03. The standard InChI is InChI=1S/C11H11FN4O4/c1-5-6(2-8(20-5)10(18)15-13)3-16-4-7(12)9(17)14-11(16)19/h2,4H,3,13H2,1H3,(H,15,18)(H,14,17,19). The van der Waals surface area contributed by atoms with Gasteiger partial charge in [0.15, 0.2) is 5.76 Å². The molecule has 20 heavy (non-hydrogen) atoms. The number of halogens is 1. The van der Waals surface area contributed by atoms with Crippen LogP contribution in [0, 0.1) is 12.7 Å². The first-order chi connectivity index (χ1) is 9.42. The van der Waals surface area contributed by atoms with Crippen molar-refractivity contribution >= 4 is 5.91 Å². The van der Waals surface area contributed by atoms with E-state index in [0.717, 1.165) is 10.8 Å². The Balaban J connectivity index is 2.38. The minimum Gasteiger partial charge on any atom is -0.456 e. The SMILES string of the molecule is Cc1oc(C(=O)NN)cc1Cn1cc(F)c(=O)[nH]c1=O. The van der Waals surface area contributed by atoms with Crippen molar-refractivity contribution in [3.8, 4) is 0 Å². The number of hydrogen-bond acceptors (Lipinski definition) is 5. The van der Waals surface area contributed by atoms with Crippen molar-refractivity contribution in [3.63, 3.8) is 0 Å². The first-order valence-electron chi connectivity index (χ1n) is 5.52. The number of aromatic nitrogens is 2. The lowest BCUT2D eigenvalue weighted by molar-refractivity contribution is 0.0924. The van der Waals surface area contributed by atoms with Crippen molar-refractivity contribution in [2.75, 3.05) is 0 Å². The zero-order chi connectivity index (χ0) is 14.9. The molecule has 0 aliphatic rings. The van der Waals surface area contributed by atoms with E-state index in [-0.39, 0.29) is 12.3 Å². The molecule has 2 rings (SSSR count). The van der Waals surface area contributed by atoms with Crippen molar-refractivity contribution in [2.24, 2.45) is 5.84 Å². The molecule has 106 valence electrons. The molecular weight excluding hydrogens is 271 g/mol. The molecule has 2 aromatic rings. The Bertz CT molecular complexity index is 773. The largest absolute Gasteiger partial charge is 0.456 e. The highest BCUT2D eigenvalue weighted by Crippen LogP contribution is 2.15. The molecule has 0 radical (unpaired) electrons. The smallest absolute Gasteiger partial charge is 0.328 e. The topological polar surface area (TPSA) is 123 Å². The molecule has 0 saturated heterocycles. The van der Waals surface area contributed by atoms with E-state index in [1.807, 2.05) is 10.4 Å². The Hall–Kier alpha value is -2.68. The molecule has 0 bridgehead atoms. The molecule has 0 aromatic carbocycles. The average molecular weight is 282 g/mol. The maximum Gasteiger partial charge on any atom is 0.328 e. The van der Waals surface area contributed by atoms with Gasteiger partial charge in [-0.1, -0.05) is 0 Å². The van der Waals surface area contributed by atoms with Crippen LogP contribution in [0.25, 0.3) is 0 Å². The number of nitrogens with zero attached hydrogens (tertiary/aromatic N) is 1. The maximum absolute atomic E-state index is 13.1. The van der Waals surface area contributed by atoms with E-state index in [9.17, 15) is 18.8 Å². The summed E-state index contributed by atoms with van der Waals surface area (Å²) in [6.45, 7) is 1.52. The van der Waals surface area contributed by atoms with Gasteiger partial charge in [-0.2, -0.15) is 4.39 Å². The number of nitrogen functional groups attached to an aromatic ring is 1. The zero-order valence-electron chi connectivity index (χ0n) is 10.4. The number of carbonyl (C=O) groups is 1. The monoisotopic (exact) mass is 282 g/mol. The van der Waals surface area contributed by atoms with E-state index in [2.05, 4.69) is 0 Å². The van der Waals surface area contributed by atoms with Gasteiger partial charge in [0, 0.05) is 5.56 Å². The maximum atomic E-state index is 13.1. The van der Waals surface area contributed by atoms with E-state index in [4.69, 9.17) is 10.3 Å². The number of H-pyrrole nitrogens is 1. The summed E-state index contributed by atoms with van der Waals surface area (Å²) in [4.78, 5) is 35.6. The number of carbonyl (C=O) groups excluding carboxylic acids is 1. The fourth-order valence-electron chi connectivity index (χ4n) is 1.64. The van der Waals surface area contributed by atoms with Crippen LogP contribution in [0.3, 0.4) is 0 Å². The lowest BCUT2D eigenvalue weighted by Crippen LogP contribution is -2.31. The molecule has 0 aliphatic heterocycles. The van der Waals surface area contributed by atoms with Gasteiger partial charge in [-0.3, -0.25) is 24.6 Å². The van der Waals surface area contributed by atoms with Crippen LogP contribution in [0.15, 0.2) is 26.3 Å². The third-order valence-corrected chi connectivity index (χ3v) is 2.68. The van der Waals surface area contributed by atoms with E-state index in [1.165, 1.54) is 6.07 Å². The first-order valence-corrected chi connectivity index (χ1v) is 5.52. The van der Waals surface area contributed by atoms with Crippen LogP contribution in [-0.2, 0) is 6.54 Å². The number of hydrogen-bond donors (Lipinski definition) is 3. The van der Waals surface area contributed by atoms with Crippen molar-refractivity contribution < 1.29 is 13.6 Å². The van der Waals surface area contributed by atoms with Gasteiger partial charge < -0.3 is 4.42 Å². The molecule has 0 unspecified atom stereocenters. The Morgan fingerprint density at radius 3 is 2.90 bits per heavy atom. The van der Waals surface area contributed by atoms with E-state index in [0.29, 0.717) is 11.3 Å². The zero-order valence-corrected chi connectivity index (χ0v) is 10.4. The van der Waals surface area contributed by atoms with Gasteiger partial charge in [-0.05, 0) is 13.0 Å². The predicted molar refractivity (Wildman–Crippen MR) is 65.5 cm³/mol. The minimum absolute atomic E-state index is 0.0297. The highest BCUT2D eigenvalue weighted by atomic mass is 19.1. The minimum atomic E-state index is -1.08. The molecule has 0 spiro atoms. The second kappa shape index (κ2) is 5.13.